The molecule has 0 fully saturated rings. The van der Waals surface area contributed by atoms with Gasteiger partial charge in [-0.1, -0.05) is 58.6 Å². The van der Waals surface area contributed by atoms with Gasteiger partial charge in [-0.15, -0.1) is 0 Å². The summed E-state index contributed by atoms with van der Waals surface area (Å²) in [5.74, 6) is -0.679. The van der Waals surface area contributed by atoms with Crippen LogP contribution in [-0.4, -0.2) is 30.6 Å². The van der Waals surface area contributed by atoms with Crippen LogP contribution in [0.25, 0.3) is 0 Å². The van der Waals surface area contributed by atoms with Crippen molar-refractivity contribution < 1.29 is 30.6 Å². The molecule has 192 valence electrons. The van der Waals surface area contributed by atoms with Crippen molar-refractivity contribution in [3.63, 3.8) is 0 Å². The molecule has 37 heavy (non-hydrogen) atoms. The highest BCUT2D eigenvalue weighted by Gasteiger charge is 2.18. The van der Waals surface area contributed by atoms with Crippen LogP contribution in [-0.2, 0) is 19.3 Å². The van der Waals surface area contributed by atoms with Crippen LogP contribution in [0.1, 0.15) is 44.5 Å². The average molecular weight is 541 g/mol. The Kier molecular flexibility index (Phi) is 7.35. The van der Waals surface area contributed by atoms with Crippen molar-refractivity contribution in [1.29, 1.82) is 0 Å². The Labute approximate surface area is 224 Å². The normalized spacial score (nSPS) is 11.1. The lowest BCUT2D eigenvalue weighted by Crippen LogP contribution is -1.99. The van der Waals surface area contributed by atoms with E-state index in [4.69, 9.17) is 23.2 Å². The molecule has 0 aliphatic carbocycles. The van der Waals surface area contributed by atoms with Crippen molar-refractivity contribution >= 4 is 23.2 Å². The van der Waals surface area contributed by atoms with Crippen LogP contribution in [0.5, 0.6) is 34.5 Å². The van der Waals surface area contributed by atoms with E-state index < -0.39 is 0 Å². The molecular weight excluding hydrogens is 515 g/mol. The second-order valence-electron chi connectivity index (χ2n) is 9.26. The van der Waals surface area contributed by atoms with Crippen LogP contribution in [0.2, 0.25) is 10.0 Å². The SMILES string of the molecule is Cc1cc(Cc2cc(Cl)c(O)cc2O)c(O)c(Cc2cc(C)cc(Cc3cc(Cl)c(O)cc3O)c2O)c1. The summed E-state index contributed by atoms with van der Waals surface area (Å²) >= 11 is 12.0. The second-order valence-corrected chi connectivity index (χ2v) is 10.1. The zero-order valence-corrected chi connectivity index (χ0v) is 21.7. The molecule has 0 unspecified atom stereocenters. The first-order chi connectivity index (χ1) is 17.4. The van der Waals surface area contributed by atoms with E-state index in [-0.39, 0.29) is 63.8 Å². The highest BCUT2D eigenvalue weighted by atomic mass is 35.5. The van der Waals surface area contributed by atoms with E-state index in [0.717, 1.165) is 23.3 Å². The molecule has 0 radical (unpaired) electrons. The lowest BCUT2D eigenvalue weighted by Gasteiger charge is -2.16. The number of rotatable bonds is 6. The van der Waals surface area contributed by atoms with Crippen LogP contribution >= 0.6 is 23.2 Å². The fraction of sp³-hybridized carbons (Fsp3) is 0.172. The third kappa shape index (κ3) is 5.66. The maximum absolute atomic E-state index is 11.1. The topological polar surface area (TPSA) is 121 Å². The number of benzene rings is 4. The largest absolute Gasteiger partial charge is 0.508 e. The van der Waals surface area contributed by atoms with E-state index in [9.17, 15) is 30.6 Å². The fourth-order valence-electron chi connectivity index (χ4n) is 4.49. The average Bonchev–Trinajstić information content (AvgIpc) is 2.81. The zero-order chi connectivity index (χ0) is 27.0. The molecule has 0 spiro atoms. The molecule has 6 N–H and O–H groups in total. The molecule has 0 saturated heterocycles. The number of hydrogen-bond donors (Lipinski definition) is 6. The summed E-state index contributed by atoms with van der Waals surface area (Å²) in [5, 5.41) is 62.3. The van der Waals surface area contributed by atoms with E-state index in [1.165, 1.54) is 12.1 Å². The minimum atomic E-state index is -0.231. The Morgan fingerprint density at radius 3 is 1.05 bits per heavy atom. The van der Waals surface area contributed by atoms with E-state index >= 15 is 0 Å². The maximum atomic E-state index is 11.1. The molecular formula is C29H26Cl2O6. The first kappa shape index (κ1) is 26.3. The van der Waals surface area contributed by atoms with Crippen LogP contribution in [0.3, 0.4) is 0 Å². The van der Waals surface area contributed by atoms with Crippen molar-refractivity contribution in [1.82, 2.24) is 0 Å². The molecule has 0 aliphatic rings. The van der Waals surface area contributed by atoms with Crippen molar-refractivity contribution in [2.45, 2.75) is 33.1 Å². The van der Waals surface area contributed by atoms with E-state index in [0.29, 0.717) is 33.4 Å². The van der Waals surface area contributed by atoms with Crippen LogP contribution in [0.15, 0.2) is 48.5 Å². The molecule has 6 nitrogen and oxygen atoms in total. The smallest absolute Gasteiger partial charge is 0.137 e. The number of hydrogen-bond acceptors (Lipinski definition) is 6. The molecule has 0 saturated carbocycles. The minimum Gasteiger partial charge on any atom is -0.508 e. The van der Waals surface area contributed by atoms with Crippen molar-refractivity contribution in [2.75, 3.05) is 0 Å². The van der Waals surface area contributed by atoms with E-state index in [2.05, 4.69) is 0 Å². The molecule has 0 amide bonds. The first-order valence-electron chi connectivity index (χ1n) is 11.5. The molecule has 4 aromatic rings. The predicted octanol–water partition coefficient (Wildman–Crippen LogP) is 6.62. The van der Waals surface area contributed by atoms with Gasteiger partial charge in [0, 0.05) is 42.5 Å². The first-order valence-corrected chi connectivity index (χ1v) is 12.2. The summed E-state index contributed by atoms with van der Waals surface area (Å²) in [6.45, 7) is 3.77. The quantitative estimate of drug-likeness (QED) is 0.163. The van der Waals surface area contributed by atoms with Crippen LogP contribution < -0.4 is 0 Å². The van der Waals surface area contributed by atoms with Gasteiger partial charge in [0.15, 0.2) is 0 Å². The van der Waals surface area contributed by atoms with Crippen molar-refractivity contribution in [2.24, 2.45) is 0 Å². The third-order valence-corrected chi connectivity index (χ3v) is 6.87. The van der Waals surface area contributed by atoms with Gasteiger partial charge in [0.05, 0.1) is 10.0 Å². The minimum absolute atomic E-state index is 0.0274. The third-order valence-electron chi connectivity index (χ3n) is 6.26. The highest BCUT2D eigenvalue weighted by molar-refractivity contribution is 6.32. The Morgan fingerprint density at radius 2 is 0.730 bits per heavy atom. The molecule has 0 atom stereocenters. The van der Waals surface area contributed by atoms with Gasteiger partial charge in [0.25, 0.3) is 0 Å². The van der Waals surface area contributed by atoms with Gasteiger partial charge >= 0.3 is 0 Å². The fourth-order valence-corrected chi connectivity index (χ4v) is 4.86. The maximum Gasteiger partial charge on any atom is 0.137 e. The summed E-state index contributed by atoms with van der Waals surface area (Å²) < 4.78 is 0. The summed E-state index contributed by atoms with van der Waals surface area (Å²) in [4.78, 5) is 0. The summed E-state index contributed by atoms with van der Waals surface area (Å²) in [5.41, 5.74) is 4.94. The molecule has 0 aliphatic heterocycles. The summed E-state index contributed by atoms with van der Waals surface area (Å²) in [7, 11) is 0. The zero-order valence-electron chi connectivity index (χ0n) is 20.2. The predicted molar refractivity (Wildman–Crippen MR) is 144 cm³/mol. The Hall–Kier alpha value is -3.74. The molecule has 4 rings (SSSR count). The molecule has 0 bridgehead atoms. The number of phenolic OH excluding ortho intramolecular Hbond substituents is 6. The van der Waals surface area contributed by atoms with E-state index in [1.54, 1.807) is 12.1 Å². The van der Waals surface area contributed by atoms with Gasteiger partial charge in [-0.3, -0.25) is 0 Å². The van der Waals surface area contributed by atoms with Gasteiger partial charge in [-0.25, -0.2) is 0 Å². The van der Waals surface area contributed by atoms with Crippen LogP contribution in [0.4, 0.5) is 0 Å². The number of aryl methyl sites for hydroxylation is 2. The Balaban J connectivity index is 1.69. The number of phenols is 6. The van der Waals surface area contributed by atoms with Gasteiger partial charge in [-0.2, -0.15) is 0 Å². The van der Waals surface area contributed by atoms with Crippen molar-refractivity contribution in [3.8, 4) is 34.5 Å². The lowest BCUT2D eigenvalue weighted by atomic mass is 9.92. The van der Waals surface area contributed by atoms with Gasteiger partial charge in [0.1, 0.15) is 34.5 Å². The molecule has 0 heterocycles. The Morgan fingerprint density at radius 1 is 0.432 bits per heavy atom. The van der Waals surface area contributed by atoms with Crippen molar-refractivity contribution in [3.05, 3.63) is 103 Å². The Bertz CT molecular complexity index is 1400. The van der Waals surface area contributed by atoms with Crippen LogP contribution in [0, 0.1) is 13.8 Å². The summed E-state index contributed by atoms with van der Waals surface area (Å²) in [6.07, 6.45) is 0.586. The molecule has 8 heteroatoms. The van der Waals surface area contributed by atoms with Gasteiger partial charge in [0.2, 0.25) is 0 Å². The van der Waals surface area contributed by atoms with E-state index in [1.807, 2.05) is 26.0 Å². The lowest BCUT2D eigenvalue weighted by molar-refractivity contribution is 0.444. The number of aromatic hydroxyl groups is 6. The standard InChI is InChI=1S/C29H26Cl2O6/c1-14-3-18(7-16-10-22(30)26(34)12-24(16)32)28(36)20(5-14)9-21-6-15(2)4-19(29(21)37)8-17-11-23(31)27(35)13-25(17)33/h3-6,10-13,32-37H,7-9H2,1-2H3. The summed E-state index contributed by atoms with van der Waals surface area (Å²) in [6, 6.07) is 12.5. The molecule has 4 aromatic carbocycles. The highest BCUT2D eigenvalue weighted by Crippen LogP contribution is 2.38. The number of halogens is 2. The molecule has 0 aromatic heterocycles. The van der Waals surface area contributed by atoms with Gasteiger partial charge in [-0.05, 0) is 48.2 Å². The second kappa shape index (κ2) is 10.3. The van der Waals surface area contributed by atoms with Gasteiger partial charge < -0.3 is 30.6 Å². The monoisotopic (exact) mass is 540 g/mol.